The SMILES string of the molecule is NS(=O)(=O)NCC1CCC(Nc2nonc2C(=Nc2ccc(F)c(C(F)(F)F)c2)NO)CC1. The van der Waals surface area contributed by atoms with Gasteiger partial charge < -0.3 is 5.32 Å². The summed E-state index contributed by atoms with van der Waals surface area (Å²) >= 11 is 0. The molecule has 2 aromatic rings. The summed E-state index contributed by atoms with van der Waals surface area (Å²) < 4.78 is 81.3. The summed E-state index contributed by atoms with van der Waals surface area (Å²) in [5.74, 6) is -1.64. The van der Waals surface area contributed by atoms with E-state index in [0.29, 0.717) is 37.8 Å². The van der Waals surface area contributed by atoms with E-state index in [1.54, 1.807) is 5.48 Å². The molecule has 0 saturated heterocycles. The van der Waals surface area contributed by atoms with Gasteiger partial charge in [0.2, 0.25) is 5.82 Å². The number of hydrogen-bond acceptors (Lipinski definition) is 8. The van der Waals surface area contributed by atoms with E-state index in [1.165, 1.54) is 0 Å². The van der Waals surface area contributed by atoms with Crippen molar-refractivity contribution in [3.8, 4) is 0 Å². The van der Waals surface area contributed by atoms with Gasteiger partial charge in [0.05, 0.1) is 11.3 Å². The summed E-state index contributed by atoms with van der Waals surface area (Å²) in [7, 11) is -3.76. The molecule has 1 aliphatic rings. The Hall–Kier alpha value is -2.82. The Morgan fingerprint density at radius 3 is 2.55 bits per heavy atom. The summed E-state index contributed by atoms with van der Waals surface area (Å²) in [6.07, 6.45) is -2.25. The standard InChI is InChI=1S/C17H21F4N7O4S/c18-13-6-5-11(7-12(13)17(19,20)21)25-15(26-29)14-16(28-32-27-14)24-10-3-1-9(2-4-10)8-23-33(22,30)31/h5-7,9-10,23,29H,1-4,8H2,(H,24,28)(H,25,26)(H2,22,30,31). The normalized spacial score (nSPS) is 20.0. The first-order valence-corrected chi connectivity index (χ1v) is 11.2. The van der Waals surface area contributed by atoms with E-state index in [2.05, 4.69) is 30.0 Å². The minimum Gasteiger partial charge on any atom is -0.363 e. The highest BCUT2D eigenvalue weighted by atomic mass is 32.2. The molecule has 182 valence electrons. The van der Waals surface area contributed by atoms with Crippen LogP contribution >= 0.6 is 0 Å². The molecular weight excluding hydrogens is 474 g/mol. The number of benzene rings is 1. The number of nitrogens with two attached hydrogens (primary N) is 1. The summed E-state index contributed by atoms with van der Waals surface area (Å²) in [6.45, 7) is 0.227. The molecule has 1 aliphatic carbocycles. The Morgan fingerprint density at radius 1 is 1.24 bits per heavy atom. The van der Waals surface area contributed by atoms with Crippen molar-refractivity contribution in [3.05, 3.63) is 35.3 Å². The lowest BCUT2D eigenvalue weighted by molar-refractivity contribution is -0.139. The zero-order chi connectivity index (χ0) is 24.2. The maximum atomic E-state index is 13.5. The van der Waals surface area contributed by atoms with Crippen molar-refractivity contribution in [2.24, 2.45) is 16.0 Å². The Bertz CT molecular complexity index is 1100. The van der Waals surface area contributed by atoms with Crippen molar-refractivity contribution >= 4 is 27.6 Å². The van der Waals surface area contributed by atoms with Crippen molar-refractivity contribution < 1.29 is 35.8 Å². The first-order valence-electron chi connectivity index (χ1n) is 9.68. The number of rotatable bonds is 7. The minimum atomic E-state index is -4.92. The average molecular weight is 495 g/mol. The number of anilines is 1. The van der Waals surface area contributed by atoms with E-state index < -0.39 is 27.8 Å². The number of nitrogens with zero attached hydrogens (tertiary/aromatic N) is 3. The van der Waals surface area contributed by atoms with Crippen LogP contribution in [0.25, 0.3) is 0 Å². The molecular formula is C17H21F4N7O4S. The second-order valence-corrected chi connectivity index (χ2v) is 8.83. The molecule has 33 heavy (non-hydrogen) atoms. The average Bonchev–Trinajstić information content (AvgIpc) is 3.19. The number of aliphatic imine (C=N–C) groups is 1. The van der Waals surface area contributed by atoms with Crippen LogP contribution in [0.4, 0.5) is 29.1 Å². The van der Waals surface area contributed by atoms with Crippen LogP contribution < -0.4 is 20.7 Å². The van der Waals surface area contributed by atoms with Crippen LogP contribution in [-0.4, -0.2) is 42.4 Å². The van der Waals surface area contributed by atoms with E-state index in [1.807, 2.05) is 0 Å². The molecule has 0 unspecified atom stereocenters. The number of nitrogens with one attached hydrogen (secondary N) is 3. The Balaban J connectivity index is 1.71. The van der Waals surface area contributed by atoms with Crippen LogP contribution in [-0.2, 0) is 16.4 Å². The van der Waals surface area contributed by atoms with Gasteiger partial charge in [0.1, 0.15) is 5.82 Å². The smallest absolute Gasteiger partial charge is 0.363 e. The molecule has 3 rings (SSSR count). The lowest BCUT2D eigenvalue weighted by Gasteiger charge is -2.28. The number of aromatic nitrogens is 2. The number of hydrogen-bond donors (Lipinski definition) is 5. The van der Waals surface area contributed by atoms with Gasteiger partial charge in [-0.3, -0.25) is 10.7 Å². The zero-order valence-electron chi connectivity index (χ0n) is 16.9. The predicted octanol–water partition coefficient (Wildman–Crippen LogP) is 2.05. The summed E-state index contributed by atoms with van der Waals surface area (Å²) in [5.41, 5.74) is -0.169. The fraction of sp³-hybridized carbons (Fsp3) is 0.471. The van der Waals surface area contributed by atoms with Crippen LogP contribution in [0.1, 0.15) is 36.9 Å². The summed E-state index contributed by atoms with van der Waals surface area (Å²) in [4.78, 5) is 3.86. The van der Waals surface area contributed by atoms with Crippen LogP contribution in [0.5, 0.6) is 0 Å². The lowest BCUT2D eigenvalue weighted by Crippen LogP contribution is -2.37. The fourth-order valence-electron chi connectivity index (χ4n) is 3.44. The van der Waals surface area contributed by atoms with Gasteiger partial charge in [-0.25, -0.2) is 23.9 Å². The van der Waals surface area contributed by atoms with E-state index in [4.69, 9.17) is 5.14 Å². The van der Waals surface area contributed by atoms with Crippen molar-refractivity contribution in [2.45, 2.75) is 37.9 Å². The Labute approximate surface area is 185 Å². The van der Waals surface area contributed by atoms with E-state index in [-0.39, 0.29) is 41.5 Å². The third-order valence-corrected chi connectivity index (χ3v) is 5.64. The number of hydroxylamine groups is 1. The molecule has 1 heterocycles. The van der Waals surface area contributed by atoms with Gasteiger partial charge in [-0.2, -0.15) is 21.6 Å². The molecule has 11 nitrogen and oxygen atoms in total. The molecule has 1 aromatic heterocycles. The highest BCUT2D eigenvalue weighted by Crippen LogP contribution is 2.34. The van der Waals surface area contributed by atoms with Crippen molar-refractivity contribution in [3.63, 3.8) is 0 Å². The third kappa shape index (κ3) is 6.83. The van der Waals surface area contributed by atoms with Crippen LogP contribution in [0.3, 0.4) is 0 Å². The molecule has 1 aromatic carbocycles. The van der Waals surface area contributed by atoms with Crippen molar-refractivity contribution in [1.29, 1.82) is 0 Å². The highest BCUT2D eigenvalue weighted by Gasteiger charge is 2.34. The largest absolute Gasteiger partial charge is 0.419 e. The molecule has 0 atom stereocenters. The topological polar surface area (TPSA) is 168 Å². The number of alkyl halides is 3. The van der Waals surface area contributed by atoms with E-state index in [9.17, 15) is 31.2 Å². The van der Waals surface area contributed by atoms with Crippen molar-refractivity contribution in [1.82, 2.24) is 20.5 Å². The van der Waals surface area contributed by atoms with Gasteiger partial charge in [0.15, 0.2) is 11.5 Å². The molecule has 1 fully saturated rings. The maximum absolute atomic E-state index is 13.5. The molecule has 16 heteroatoms. The van der Waals surface area contributed by atoms with Crippen LogP contribution in [0.2, 0.25) is 0 Å². The minimum absolute atomic E-state index is 0.0829. The first kappa shape index (κ1) is 24.8. The van der Waals surface area contributed by atoms with Crippen molar-refractivity contribution in [2.75, 3.05) is 11.9 Å². The Kier molecular flexibility index (Phi) is 7.51. The van der Waals surface area contributed by atoms with Gasteiger partial charge >= 0.3 is 6.18 Å². The molecule has 6 N–H and O–H groups in total. The number of halogens is 4. The quantitative estimate of drug-likeness (QED) is 0.168. The highest BCUT2D eigenvalue weighted by molar-refractivity contribution is 7.87. The second-order valence-electron chi connectivity index (χ2n) is 7.45. The molecule has 0 radical (unpaired) electrons. The third-order valence-electron chi connectivity index (χ3n) is 5.08. The monoisotopic (exact) mass is 495 g/mol. The van der Waals surface area contributed by atoms with Gasteiger partial charge in [-0.15, -0.1) is 0 Å². The molecule has 0 aliphatic heterocycles. The van der Waals surface area contributed by atoms with Gasteiger partial charge in [0.25, 0.3) is 10.2 Å². The fourth-order valence-corrected chi connectivity index (χ4v) is 3.90. The lowest BCUT2D eigenvalue weighted by atomic mass is 9.86. The van der Waals surface area contributed by atoms with E-state index in [0.717, 1.165) is 6.07 Å². The summed E-state index contributed by atoms with van der Waals surface area (Å²) in [6, 6.07) is 2.01. The predicted molar refractivity (Wildman–Crippen MR) is 107 cm³/mol. The summed E-state index contributed by atoms with van der Waals surface area (Å²) in [5, 5.41) is 24.8. The molecule has 1 saturated carbocycles. The van der Waals surface area contributed by atoms with Crippen LogP contribution in [0.15, 0.2) is 27.8 Å². The van der Waals surface area contributed by atoms with Gasteiger partial charge in [-0.05, 0) is 60.1 Å². The maximum Gasteiger partial charge on any atom is 0.419 e. The van der Waals surface area contributed by atoms with E-state index >= 15 is 0 Å². The Morgan fingerprint density at radius 2 is 1.94 bits per heavy atom. The molecule has 0 amide bonds. The van der Waals surface area contributed by atoms with Crippen LogP contribution in [0, 0.1) is 11.7 Å². The molecule has 0 spiro atoms. The number of amidine groups is 1. The second kappa shape index (κ2) is 9.98. The van der Waals surface area contributed by atoms with Gasteiger partial charge in [-0.1, -0.05) is 0 Å². The zero-order valence-corrected chi connectivity index (χ0v) is 17.7. The van der Waals surface area contributed by atoms with Gasteiger partial charge in [0, 0.05) is 12.6 Å². The first-order chi connectivity index (χ1) is 15.5. The molecule has 0 bridgehead atoms.